The lowest BCUT2D eigenvalue weighted by Gasteiger charge is -2.09. The van der Waals surface area contributed by atoms with E-state index in [1.54, 1.807) is 6.92 Å². The summed E-state index contributed by atoms with van der Waals surface area (Å²) in [5.41, 5.74) is 0.936. The van der Waals surface area contributed by atoms with E-state index >= 15 is 0 Å². The van der Waals surface area contributed by atoms with Crippen molar-refractivity contribution in [3.63, 3.8) is 0 Å². The van der Waals surface area contributed by atoms with Gasteiger partial charge in [-0.2, -0.15) is 0 Å². The van der Waals surface area contributed by atoms with Gasteiger partial charge in [0.1, 0.15) is 5.82 Å². The largest absolute Gasteiger partial charge is 0.332 e. The van der Waals surface area contributed by atoms with Crippen molar-refractivity contribution in [2.45, 2.75) is 6.92 Å². The first-order valence-corrected chi connectivity index (χ1v) is 6.90. The van der Waals surface area contributed by atoms with Crippen molar-refractivity contribution in [2.75, 3.05) is 5.32 Å². The van der Waals surface area contributed by atoms with Gasteiger partial charge in [-0.25, -0.2) is 4.39 Å². The fourth-order valence-electron chi connectivity index (χ4n) is 1.82. The molecule has 2 aromatic rings. The molecule has 2 N–H and O–H groups in total. The molecule has 0 bridgehead atoms. The summed E-state index contributed by atoms with van der Waals surface area (Å²) in [5.74, 6) is -0.967. The molecule has 0 unspecified atom stereocenters. The lowest BCUT2D eigenvalue weighted by molar-refractivity contribution is -0.385. The molecule has 0 atom stereocenters. The number of nitro benzene ring substituents is 1. The predicted octanol–water partition coefficient (Wildman–Crippen LogP) is 3.17. The number of benzene rings is 2. The molecule has 2 aromatic carbocycles. The second-order valence-corrected chi connectivity index (χ2v) is 5.08. The number of hydrogen-bond acceptors (Lipinski definition) is 4. The standard InChI is InChI=1S/C15H12FN3O3S/c1-9-2-3-10(8-13(9)19(21)22)14(20)18-15(23)17-12-6-4-11(16)5-7-12/h2-8H,1H3,(H2,17,18,20,23). The summed E-state index contributed by atoms with van der Waals surface area (Å²) in [6.45, 7) is 1.58. The number of rotatable bonds is 3. The highest BCUT2D eigenvalue weighted by Crippen LogP contribution is 2.19. The summed E-state index contributed by atoms with van der Waals surface area (Å²) in [4.78, 5) is 22.4. The number of nitrogens with zero attached hydrogens (tertiary/aromatic N) is 1. The van der Waals surface area contributed by atoms with Gasteiger partial charge in [-0.1, -0.05) is 6.07 Å². The SMILES string of the molecule is Cc1ccc(C(=O)NC(=S)Nc2ccc(F)cc2)cc1[N+](=O)[O-]. The predicted molar refractivity (Wildman–Crippen MR) is 87.9 cm³/mol. The Kier molecular flexibility index (Phi) is 4.97. The first kappa shape index (κ1) is 16.5. The van der Waals surface area contributed by atoms with Gasteiger partial charge >= 0.3 is 0 Å². The van der Waals surface area contributed by atoms with Crippen LogP contribution in [0.2, 0.25) is 0 Å². The van der Waals surface area contributed by atoms with Gasteiger partial charge in [-0.15, -0.1) is 0 Å². The molecule has 0 spiro atoms. The van der Waals surface area contributed by atoms with Crippen LogP contribution in [0.5, 0.6) is 0 Å². The second kappa shape index (κ2) is 6.93. The van der Waals surface area contributed by atoms with Crippen LogP contribution in [0.15, 0.2) is 42.5 Å². The maximum Gasteiger partial charge on any atom is 0.273 e. The van der Waals surface area contributed by atoms with Gasteiger partial charge in [-0.05, 0) is 49.5 Å². The molecule has 0 fully saturated rings. The summed E-state index contributed by atoms with van der Waals surface area (Å²) in [7, 11) is 0. The number of anilines is 1. The molecule has 0 radical (unpaired) electrons. The maximum absolute atomic E-state index is 12.8. The minimum atomic E-state index is -0.576. The van der Waals surface area contributed by atoms with Gasteiger partial charge in [0.05, 0.1) is 4.92 Å². The minimum absolute atomic E-state index is 0.00448. The van der Waals surface area contributed by atoms with Crippen molar-refractivity contribution < 1.29 is 14.1 Å². The molecule has 23 heavy (non-hydrogen) atoms. The van der Waals surface area contributed by atoms with E-state index in [9.17, 15) is 19.3 Å². The lowest BCUT2D eigenvalue weighted by atomic mass is 10.1. The van der Waals surface area contributed by atoms with Crippen LogP contribution in [0.25, 0.3) is 0 Å². The normalized spacial score (nSPS) is 10.0. The van der Waals surface area contributed by atoms with Crippen LogP contribution in [-0.4, -0.2) is 15.9 Å². The fourth-order valence-corrected chi connectivity index (χ4v) is 2.03. The zero-order chi connectivity index (χ0) is 17.0. The molecular formula is C15H12FN3O3S. The second-order valence-electron chi connectivity index (χ2n) is 4.67. The molecule has 0 saturated heterocycles. The first-order valence-electron chi connectivity index (χ1n) is 6.50. The Morgan fingerprint density at radius 1 is 1.22 bits per heavy atom. The molecule has 118 valence electrons. The molecule has 1 amide bonds. The van der Waals surface area contributed by atoms with Gasteiger partial charge in [0.15, 0.2) is 5.11 Å². The summed E-state index contributed by atoms with van der Waals surface area (Å²) in [5, 5.41) is 16.0. The van der Waals surface area contributed by atoms with E-state index in [1.165, 1.54) is 42.5 Å². The van der Waals surface area contributed by atoms with Gasteiger partial charge in [0.2, 0.25) is 0 Å². The van der Waals surface area contributed by atoms with Crippen LogP contribution < -0.4 is 10.6 Å². The van der Waals surface area contributed by atoms with E-state index in [0.29, 0.717) is 11.3 Å². The Bertz CT molecular complexity index is 778. The van der Waals surface area contributed by atoms with Crippen molar-refractivity contribution in [2.24, 2.45) is 0 Å². The van der Waals surface area contributed by atoms with E-state index in [0.717, 1.165) is 0 Å². The maximum atomic E-state index is 12.8. The molecule has 0 saturated carbocycles. The van der Waals surface area contributed by atoms with Crippen LogP contribution >= 0.6 is 12.2 Å². The molecule has 0 aliphatic rings. The highest BCUT2D eigenvalue weighted by Gasteiger charge is 2.15. The summed E-state index contributed by atoms with van der Waals surface area (Å²) in [6.07, 6.45) is 0. The monoisotopic (exact) mass is 333 g/mol. The zero-order valence-electron chi connectivity index (χ0n) is 12.0. The third kappa shape index (κ3) is 4.30. The number of amides is 1. The fraction of sp³-hybridized carbons (Fsp3) is 0.0667. The van der Waals surface area contributed by atoms with Crippen LogP contribution in [0, 0.1) is 22.9 Å². The Morgan fingerprint density at radius 2 is 1.87 bits per heavy atom. The topological polar surface area (TPSA) is 84.3 Å². The summed E-state index contributed by atoms with van der Waals surface area (Å²) >= 11 is 4.98. The Hall–Kier alpha value is -2.87. The van der Waals surface area contributed by atoms with Crippen molar-refractivity contribution in [1.29, 1.82) is 0 Å². The van der Waals surface area contributed by atoms with Gasteiger partial charge in [0, 0.05) is 22.9 Å². The molecule has 0 aliphatic carbocycles. The van der Waals surface area contributed by atoms with Crippen LogP contribution in [0.3, 0.4) is 0 Å². The number of aryl methyl sites for hydroxylation is 1. The van der Waals surface area contributed by atoms with E-state index < -0.39 is 16.6 Å². The average Bonchev–Trinajstić information content (AvgIpc) is 2.49. The smallest absolute Gasteiger partial charge is 0.273 e. The zero-order valence-corrected chi connectivity index (χ0v) is 12.8. The van der Waals surface area contributed by atoms with Gasteiger partial charge in [-0.3, -0.25) is 20.2 Å². The minimum Gasteiger partial charge on any atom is -0.332 e. The number of hydrogen-bond donors (Lipinski definition) is 2. The third-order valence-corrected chi connectivity index (χ3v) is 3.20. The highest BCUT2D eigenvalue weighted by molar-refractivity contribution is 7.80. The number of nitrogens with one attached hydrogen (secondary N) is 2. The number of carbonyl (C=O) groups excluding carboxylic acids is 1. The number of thiocarbonyl (C=S) groups is 1. The quantitative estimate of drug-likeness (QED) is 0.512. The first-order chi connectivity index (χ1) is 10.9. The van der Waals surface area contributed by atoms with E-state index in [4.69, 9.17) is 12.2 Å². The van der Waals surface area contributed by atoms with E-state index in [-0.39, 0.29) is 16.4 Å². The molecule has 8 heteroatoms. The van der Waals surface area contributed by atoms with Crippen molar-refractivity contribution in [3.05, 3.63) is 69.5 Å². The molecular weight excluding hydrogens is 321 g/mol. The van der Waals surface area contributed by atoms with E-state index in [1.807, 2.05) is 0 Å². The summed E-state index contributed by atoms with van der Waals surface area (Å²) < 4.78 is 12.8. The lowest BCUT2D eigenvalue weighted by Crippen LogP contribution is -2.34. The van der Waals surface area contributed by atoms with Crippen molar-refractivity contribution >= 4 is 34.6 Å². The highest BCUT2D eigenvalue weighted by atomic mass is 32.1. The van der Waals surface area contributed by atoms with Crippen molar-refractivity contribution in [3.8, 4) is 0 Å². The molecule has 2 rings (SSSR count). The van der Waals surface area contributed by atoms with Gasteiger partial charge in [0.25, 0.3) is 11.6 Å². The van der Waals surface area contributed by atoms with Crippen molar-refractivity contribution in [1.82, 2.24) is 5.32 Å². The van der Waals surface area contributed by atoms with Crippen LogP contribution in [0.1, 0.15) is 15.9 Å². The van der Waals surface area contributed by atoms with Gasteiger partial charge < -0.3 is 5.32 Å². The average molecular weight is 333 g/mol. The Balaban J connectivity index is 2.06. The molecule has 6 nitrogen and oxygen atoms in total. The number of carbonyl (C=O) groups is 1. The third-order valence-electron chi connectivity index (χ3n) is 3.00. The Labute approximate surface area is 136 Å². The summed E-state index contributed by atoms with van der Waals surface area (Å²) in [6, 6.07) is 9.56. The molecule has 0 heterocycles. The number of nitro groups is 1. The van der Waals surface area contributed by atoms with Crippen LogP contribution in [-0.2, 0) is 0 Å². The van der Waals surface area contributed by atoms with E-state index in [2.05, 4.69) is 10.6 Å². The number of halogens is 1. The van der Waals surface area contributed by atoms with Crippen LogP contribution in [0.4, 0.5) is 15.8 Å². The molecule has 0 aliphatic heterocycles. The Morgan fingerprint density at radius 3 is 2.48 bits per heavy atom. The molecule has 0 aromatic heterocycles.